The van der Waals surface area contributed by atoms with E-state index in [2.05, 4.69) is 26.6 Å². The Morgan fingerprint density at radius 1 is 1.07 bits per heavy atom. The first-order valence-electron chi connectivity index (χ1n) is 8.65. The fourth-order valence-electron chi connectivity index (χ4n) is 2.58. The lowest BCUT2D eigenvalue weighted by Crippen LogP contribution is -2.29. The Morgan fingerprint density at radius 3 is 2.54 bits per heavy atom. The van der Waals surface area contributed by atoms with Gasteiger partial charge in [0.05, 0.1) is 19.2 Å². The van der Waals surface area contributed by atoms with E-state index in [9.17, 15) is 14.7 Å². The Hall–Kier alpha value is -2.90. The van der Waals surface area contributed by atoms with Gasteiger partial charge in [0.1, 0.15) is 11.9 Å². The molecule has 0 saturated carbocycles. The van der Waals surface area contributed by atoms with E-state index in [0.29, 0.717) is 17.0 Å². The van der Waals surface area contributed by atoms with E-state index in [0.717, 1.165) is 10.0 Å². The third-order valence-corrected chi connectivity index (χ3v) is 4.52. The summed E-state index contributed by atoms with van der Waals surface area (Å²) in [5.74, 6) is -0.0129. The van der Waals surface area contributed by atoms with Crippen molar-refractivity contribution in [3.05, 3.63) is 88.3 Å². The Morgan fingerprint density at radius 2 is 1.86 bits per heavy atom. The molecule has 2 amide bonds. The Balaban J connectivity index is 1.50. The van der Waals surface area contributed by atoms with Crippen molar-refractivity contribution in [1.82, 2.24) is 5.32 Å². The van der Waals surface area contributed by atoms with Crippen LogP contribution in [0.1, 0.15) is 27.8 Å². The molecular weight excluding hydrogens is 424 g/mol. The van der Waals surface area contributed by atoms with Crippen LogP contribution in [0.2, 0.25) is 0 Å². The second-order valence-corrected chi connectivity index (χ2v) is 7.09. The number of rotatable bonds is 7. The standard InChI is InChI=1S/C21H19BrN2O4/c22-16-4-1-3-15(12-16)21(27)24-17-8-6-14(7-9-17)11-20(26)23-13-18(25)19-5-2-10-28-19/h1-10,12,18,25H,11,13H2,(H,23,26)(H,24,27). The topological polar surface area (TPSA) is 91.6 Å². The van der Waals surface area contributed by atoms with Gasteiger partial charge in [-0.05, 0) is 48.0 Å². The van der Waals surface area contributed by atoms with Crippen LogP contribution in [0.3, 0.4) is 0 Å². The van der Waals surface area contributed by atoms with Crippen molar-refractivity contribution in [1.29, 1.82) is 0 Å². The highest BCUT2D eigenvalue weighted by Gasteiger charge is 2.12. The number of furan rings is 1. The molecule has 3 rings (SSSR count). The van der Waals surface area contributed by atoms with Gasteiger partial charge in [0.2, 0.25) is 5.91 Å². The molecule has 3 aromatic rings. The van der Waals surface area contributed by atoms with Crippen LogP contribution in [-0.2, 0) is 11.2 Å². The Kier molecular flexibility index (Phi) is 6.62. The molecule has 1 aromatic heterocycles. The largest absolute Gasteiger partial charge is 0.467 e. The van der Waals surface area contributed by atoms with Gasteiger partial charge in [-0.15, -0.1) is 0 Å². The molecule has 3 N–H and O–H groups in total. The number of amides is 2. The minimum absolute atomic E-state index is 0.0765. The van der Waals surface area contributed by atoms with Gasteiger partial charge >= 0.3 is 0 Å². The lowest BCUT2D eigenvalue weighted by molar-refractivity contribution is -0.120. The van der Waals surface area contributed by atoms with E-state index in [1.54, 1.807) is 54.6 Å². The summed E-state index contributed by atoms with van der Waals surface area (Å²) in [4.78, 5) is 24.3. The van der Waals surface area contributed by atoms with Gasteiger partial charge in [0.25, 0.3) is 5.91 Å². The van der Waals surface area contributed by atoms with E-state index in [4.69, 9.17) is 4.42 Å². The number of benzene rings is 2. The summed E-state index contributed by atoms with van der Waals surface area (Å²) in [6.07, 6.45) is 0.761. The fraction of sp³-hybridized carbons (Fsp3) is 0.143. The van der Waals surface area contributed by atoms with Crippen molar-refractivity contribution < 1.29 is 19.1 Å². The Labute approximate surface area is 170 Å². The Bertz CT molecular complexity index is 939. The maximum Gasteiger partial charge on any atom is 0.255 e. The average molecular weight is 443 g/mol. The van der Waals surface area contributed by atoms with Crippen molar-refractivity contribution in [2.24, 2.45) is 0 Å². The van der Waals surface area contributed by atoms with Gasteiger partial charge in [-0.1, -0.05) is 34.1 Å². The van der Waals surface area contributed by atoms with Crippen molar-refractivity contribution in [3.63, 3.8) is 0 Å². The maximum atomic E-state index is 12.2. The monoisotopic (exact) mass is 442 g/mol. The zero-order valence-corrected chi connectivity index (χ0v) is 16.5. The smallest absolute Gasteiger partial charge is 0.255 e. The average Bonchev–Trinajstić information content (AvgIpc) is 3.22. The molecule has 7 heteroatoms. The molecule has 28 heavy (non-hydrogen) atoms. The van der Waals surface area contributed by atoms with Gasteiger partial charge in [-0.2, -0.15) is 0 Å². The molecule has 6 nitrogen and oxygen atoms in total. The summed E-state index contributed by atoms with van der Waals surface area (Å²) < 4.78 is 5.92. The number of carbonyl (C=O) groups is 2. The van der Waals surface area contributed by atoms with Crippen molar-refractivity contribution in [3.8, 4) is 0 Å². The zero-order valence-electron chi connectivity index (χ0n) is 14.9. The third-order valence-electron chi connectivity index (χ3n) is 4.03. The summed E-state index contributed by atoms with van der Waals surface area (Å²) in [7, 11) is 0. The van der Waals surface area contributed by atoms with E-state index in [1.807, 2.05) is 6.07 Å². The molecule has 2 aromatic carbocycles. The highest BCUT2D eigenvalue weighted by molar-refractivity contribution is 9.10. The highest BCUT2D eigenvalue weighted by atomic mass is 79.9. The first kappa shape index (κ1) is 19.9. The van der Waals surface area contributed by atoms with Gasteiger partial charge in [-0.3, -0.25) is 9.59 Å². The number of nitrogens with one attached hydrogen (secondary N) is 2. The lowest BCUT2D eigenvalue weighted by Gasteiger charge is -2.10. The molecule has 0 aliphatic heterocycles. The van der Waals surface area contributed by atoms with Crippen LogP contribution in [0, 0.1) is 0 Å². The lowest BCUT2D eigenvalue weighted by atomic mass is 10.1. The predicted molar refractivity (Wildman–Crippen MR) is 109 cm³/mol. The summed E-state index contributed by atoms with van der Waals surface area (Å²) in [5.41, 5.74) is 1.99. The first-order chi connectivity index (χ1) is 13.5. The van der Waals surface area contributed by atoms with Gasteiger partial charge in [0, 0.05) is 15.7 Å². The molecular formula is C21H19BrN2O4. The highest BCUT2D eigenvalue weighted by Crippen LogP contribution is 2.15. The second-order valence-electron chi connectivity index (χ2n) is 6.17. The third kappa shape index (κ3) is 5.55. The van der Waals surface area contributed by atoms with Gasteiger partial charge < -0.3 is 20.2 Å². The summed E-state index contributed by atoms with van der Waals surface area (Å²) in [5, 5.41) is 15.4. The maximum absolute atomic E-state index is 12.2. The van der Waals surface area contributed by atoms with Crippen LogP contribution in [0.25, 0.3) is 0 Å². The number of halogens is 1. The summed E-state index contributed by atoms with van der Waals surface area (Å²) >= 11 is 3.34. The van der Waals surface area contributed by atoms with Crippen LogP contribution >= 0.6 is 15.9 Å². The van der Waals surface area contributed by atoms with E-state index in [-0.39, 0.29) is 24.8 Å². The van der Waals surface area contributed by atoms with Crippen molar-refractivity contribution >= 4 is 33.4 Å². The predicted octanol–water partition coefficient (Wildman–Crippen LogP) is 3.69. The summed E-state index contributed by atoms with van der Waals surface area (Å²) in [6, 6.07) is 17.5. The number of hydrogen-bond donors (Lipinski definition) is 3. The molecule has 0 saturated heterocycles. The molecule has 1 atom stereocenters. The zero-order chi connectivity index (χ0) is 19.9. The molecule has 1 unspecified atom stereocenters. The quantitative estimate of drug-likeness (QED) is 0.520. The number of aliphatic hydroxyl groups excluding tert-OH is 1. The molecule has 0 spiro atoms. The minimum Gasteiger partial charge on any atom is -0.467 e. The minimum atomic E-state index is -0.880. The van der Waals surface area contributed by atoms with Crippen LogP contribution in [0.15, 0.2) is 75.8 Å². The van der Waals surface area contributed by atoms with Gasteiger partial charge in [0.15, 0.2) is 0 Å². The molecule has 0 radical (unpaired) electrons. The number of aliphatic hydroxyl groups is 1. The summed E-state index contributed by atoms with van der Waals surface area (Å²) in [6.45, 7) is 0.0765. The van der Waals surface area contributed by atoms with E-state index >= 15 is 0 Å². The van der Waals surface area contributed by atoms with Crippen LogP contribution < -0.4 is 10.6 Å². The van der Waals surface area contributed by atoms with Crippen LogP contribution in [0.4, 0.5) is 5.69 Å². The molecule has 1 heterocycles. The number of carbonyl (C=O) groups excluding carboxylic acids is 2. The molecule has 0 fully saturated rings. The fourth-order valence-corrected chi connectivity index (χ4v) is 2.98. The van der Waals surface area contributed by atoms with Gasteiger partial charge in [-0.25, -0.2) is 0 Å². The van der Waals surface area contributed by atoms with Crippen molar-refractivity contribution in [2.75, 3.05) is 11.9 Å². The normalized spacial score (nSPS) is 11.6. The first-order valence-corrected chi connectivity index (χ1v) is 9.44. The molecule has 144 valence electrons. The van der Waals surface area contributed by atoms with Crippen LogP contribution in [-0.4, -0.2) is 23.5 Å². The molecule has 0 aliphatic rings. The van der Waals surface area contributed by atoms with Crippen LogP contribution in [0.5, 0.6) is 0 Å². The van der Waals surface area contributed by atoms with E-state index < -0.39 is 6.10 Å². The second kappa shape index (κ2) is 9.34. The van der Waals surface area contributed by atoms with Crippen molar-refractivity contribution in [2.45, 2.75) is 12.5 Å². The number of anilines is 1. The number of hydrogen-bond acceptors (Lipinski definition) is 4. The molecule has 0 bridgehead atoms. The molecule has 0 aliphatic carbocycles. The SMILES string of the molecule is O=C(Cc1ccc(NC(=O)c2cccc(Br)c2)cc1)NCC(O)c1ccco1. The van der Waals surface area contributed by atoms with E-state index in [1.165, 1.54) is 6.26 Å².